The number of halogens is 2. The molecule has 0 bridgehead atoms. The molecule has 0 unspecified atom stereocenters. The molecular weight excluding hydrogens is 393 g/mol. The zero-order valence-electron chi connectivity index (χ0n) is 14.5. The molecule has 0 radical (unpaired) electrons. The number of anilines is 1. The summed E-state index contributed by atoms with van der Waals surface area (Å²) in [5, 5.41) is 11.1. The molecule has 1 N–H and O–H groups in total. The molecule has 140 valence electrons. The van der Waals surface area contributed by atoms with Crippen molar-refractivity contribution in [1.29, 1.82) is 0 Å². The van der Waals surface area contributed by atoms with Crippen molar-refractivity contribution in [2.75, 3.05) is 19.5 Å². The Balaban J connectivity index is 1.71. The quantitative estimate of drug-likeness (QED) is 0.657. The Bertz CT molecular complexity index is 975. The Morgan fingerprint density at radius 2 is 1.93 bits per heavy atom. The van der Waals surface area contributed by atoms with Gasteiger partial charge in [0.1, 0.15) is 11.5 Å². The summed E-state index contributed by atoms with van der Waals surface area (Å²) < 4.78 is 15.9. The van der Waals surface area contributed by atoms with Crippen LogP contribution >= 0.6 is 23.2 Å². The van der Waals surface area contributed by atoms with Crippen LogP contribution in [-0.4, -0.2) is 30.3 Å². The van der Waals surface area contributed by atoms with Gasteiger partial charge in [0.15, 0.2) is 0 Å². The molecule has 0 saturated carbocycles. The summed E-state index contributed by atoms with van der Waals surface area (Å²) in [6.07, 6.45) is 0.0621. The minimum Gasteiger partial charge on any atom is -0.497 e. The third-order valence-electron chi connectivity index (χ3n) is 3.68. The fourth-order valence-corrected chi connectivity index (χ4v) is 2.87. The average molecular weight is 408 g/mol. The highest BCUT2D eigenvalue weighted by Gasteiger charge is 2.16. The molecule has 1 amide bonds. The van der Waals surface area contributed by atoms with Crippen molar-refractivity contribution >= 4 is 35.1 Å². The summed E-state index contributed by atoms with van der Waals surface area (Å²) in [4.78, 5) is 12.3. The van der Waals surface area contributed by atoms with E-state index < -0.39 is 0 Å². The maximum absolute atomic E-state index is 12.3. The third kappa shape index (κ3) is 4.50. The molecule has 27 heavy (non-hydrogen) atoms. The van der Waals surface area contributed by atoms with Crippen molar-refractivity contribution in [2.45, 2.75) is 6.42 Å². The van der Waals surface area contributed by atoms with E-state index in [1.165, 1.54) is 7.11 Å². The van der Waals surface area contributed by atoms with Gasteiger partial charge in [0.05, 0.1) is 31.2 Å². The molecule has 3 aromatic rings. The molecular formula is C18H15Cl2N3O4. The van der Waals surface area contributed by atoms with Gasteiger partial charge in [-0.05, 0) is 24.3 Å². The minimum atomic E-state index is -0.337. The number of nitrogens with one attached hydrogen (secondary N) is 1. The Hall–Kier alpha value is -2.77. The Labute approximate surface area is 165 Å². The van der Waals surface area contributed by atoms with E-state index >= 15 is 0 Å². The number of ether oxygens (including phenoxy) is 2. The van der Waals surface area contributed by atoms with Gasteiger partial charge in [-0.25, -0.2) is 0 Å². The third-order valence-corrected chi connectivity index (χ3v) is 4.23. The number of amides is 1. The van der Waals surface area contributed by atoms with Crippen LogP contribution in [0.1, 0.15) is 5.56 Å². The smallest absolute Gasteiger partial charge is 0.322 e. The highest BCUT2D eigenvalue weighted by Crippen LogP contribution is 2.30. The zero-order chi connectivity index (χ0) is 19.4. The summed E-state index contributed by atoms with van der Waals surface area (Å²) >= 11 is 12.0. The van der Waals surface area contributed by atoms with Crippen LogP contribution in [-0.2, 0) is 11.2 Å². The molecule has 0 fully saturated rings. The van der Waals surface area contributed by atoms with Crippen LogP contribution in [0.5, 0.6) is 11.5 Å². The first-order valence-corrected chi connectivity index (χ1v) is 8.55. The van der Waals surface area contributed by atoms with Crippen LogP contribution in [0.15, 0.2) is 40.8 Å². The maximum Gasteiger partial charge on any atom is 0.322 e. The lowest BCUT2D eigenvalue weighted by molar-refractivity contribution is -0.115. The van der Waals surface area contributed by atoms with Crippen LogP contribution in [0.2, 0.25) is 10.0 Å². The highest BCUT2D eigenvalue weighted by molar-refractivity contribution is 6.36. The van der Waals surface area contributed by atoms with Crippen molar-refractivity contribution in [1.82, 2.24) is 10.2 Å². The number of benzene rings is 2. The second-order valence-corrected chi connectivity index (χ2v) is 6.28. The number of hydrogen-bond acceptors (Lipinski definition) is 6. The van der Waals surface area contributed by atoms with Crippen LogP contribution in [0.25, 0.3) is 11.5 Å². The molecule has 0 aliphatic carbocycles. The van der Waals surface area contributed by atoms with Gasteiger partial charge in [-0.15, -0.1) is 5.10 Å². The monoisotopic (exact) mass is 407 g/mol. The van der Waals surface area contributed by atoms with Crippen molar-refractivity contribution in [3.05, 3.63) is 52.0 Å². The summed E-state index contributed by atoms with van der Waals surface area (Å²) in [6.45, 7) is 0. The van der Waals surface area contributed by atoms with E-state index in [4.69, 9.17) is 37.1 Å². The molecule has 0 aliphatic heterocycles. The van der Waals surface area contributed by atoms with E-state index in [9.17, 15) is 4.79 Å². The van der Waals surface area contributed by atoms with Crippen LogP contribution < -0.4 is 14.8 Å². The zero-order valence-corrected chi connectivity index (χ0v) is 16.0. The highest BCUT2D eigenvalue weighted by atomic mass is 35.5. The number of aromatic nitrogens is 2. The van der Waals surface area contributed by atoms with Gasteiger partial charge in [0.25, 0.3) is 5.89 Å². The van der Waals surface area contributed by atoms with Gasteiger partial charge < -0.3 is 13.9 Å². The lowest BCUT2D eigenvalue weighted by atomic mass is 10.1. The first kappa shape index (κ1) is 19.0. The first-order valence-electron chi connectivity index (χ1n) is 7.80. The van der Waals surface area contributed by atoms with Crippen LogP contribution in [0, 0.1) is 0 Å². The van der Waals surface area contributed by atoms with E-state index in [1.807, 2.05) is 0 Å². The maximum atomic E-state index is 12.3. The number of hydrogen-bond donors (Lipinski definition) is 1. The molecule has 9 heteroatoms. The lowest BCUT2D eigenvalue weighted by Crippen LogP contribution is -2.15. The topological polar surface area (TPSA) is 86.5 Å². The van der Waals surface area contributed by atoms with E-state index in [1.54, 1.807) is 43.5 Å². The second kappa shape index (κ2) is 8.28. The van der Waals surface area contributed by atoms with Crippen molar-refractivity contribution in [3.63, 3.8) is 0 Å². The molecule has 2 aromatic carbocycles. The van der Waals surface area contributed by atoms with Crippen molar-refractivity contribution < 1.29 is 18.7 Å². The van der Waals surface area contributed by atoms with Gasteiger partial charge in [-0.3, -0.25) is 10.1 Å². The Morgan fingerprint density at radius 1 is 1.11 bits per heavy atom. The fraction of sp³-hybridized carbons (Fsp3) is 0.167. The summed E-state index contributed by atoms with van der Waals surface area (Å²) in [5.74, 6) is 1.02. The Morgan fingerprint density at radius 3 is 2.63 bits per heavy atom. The van der Waals surface area contributed by atoms with E-state index in [-0.39, 0.29) is 24.2 Å². The second-order valence-electron chi connectivity index (χ2n) is 5.44. The minimum absolute atomic E-state index is 0.0338. The van der Waals surface area contributed by atoms with E-state index in [2.05, 4.69) is 15.5 Å². The summed E-state index contributed by atoms with van der Waals surface area (Å²) in [5.41, 5.74) is 1.21. The predicted octanol–water partition coefficient (Wildman–Crippen LogP) is 4.24. The normalized spacial score (nSPS) is 10.5. The molecule has 1 aromatic heterocycles. The summed E-state index contributed by atoms with van der Waals surface area (Å²) in [7, 11) is 3.08. The SMILES string of the molecule is COc1ccc(CC(=O)Nc2nnc(-c3ccc(Cl)cc3Cl)o2)c(OC)c1. The van der Waals surface area contributed by atoms with Crippen molar-refractivity contribution in [2.24, 2.45) is 0 Å². The standard InChI is InChI=1S/C18H15Cl2N3O4/c1-25-12-5-3-10(15(9-12)26-2)7-16(24)21-18-23-22-17(27-18)13-6-4-11(19)8-14(13)20/h3-6,8-9H,7H2,1-2H3,(H,21,23,24). The lowest BCUT2D eigenvalue weighted by Gasteiger charge is -2.09. The number of nitrogens with zero attached hydrogens (tertiary/aromatic N) is 2. The molecule has 1 heterocycles. The number of rotatable bonds is 6. The molecule has 0 atom stereocenters. The number of carbonyl (C=O) groups excluding carboxylic acids is 1. The van der Waals surface area contributed by atoms with Gasteiger partial charge in [0.2, 0.25) is 5.91 Å². The molecule has 0 aliphatic rings. The molecule has 0 spiro atoms. The summed E-state index contributed by atoms with van der Waals surface area (Å²) in [6, 6.07) is 10.1. The van der Waals surface area contributed by atoms with E-state index in [0.29, 0.717) is 32.7 Å². The fourth-order valence-electron chi connectivity index (χ4n) is 2.38. The van der Waals surface area contributed by atoms with Gasteiger partial charge in [-0.2, -0.15) is 0 Å². The molecule has 7 nitrogen and oxygen atoms in total. The average Bonchev–Trinajstić information content (AvgIpc) is 3.09. The van der Waals surface area contributed by atoms with E-state index in [0.717, 1.165) is 0 Å². The van der Waals surface area contributed by atoms with Gasteiger partial charge >= 0.3 is 6.01 Å². The predicted molar refractivity (Wildman–Crippen MR) is 102 cm³/mol. The largest absolute Gasteiger partial charge is 0.497 e. The Kier molecular flexibility index (Phi) is 5.83. The van der Waals surface area contributed by atoms with Crippen LogP contribution in [0.3, 0.4) is 0 Å². The van der Waals surface area contributed by atoms with Gasteiger partial charge in [0, 0.05) is 16.7 Å². The van der Waals surface area contributed by atoms with Gasteiger partial charge in [-0.1, -0.05) is 34.4 Å². The van der Waals surface area contributed by atoms with Crippen molar-refractivity contribution in [3.8, 4) is 23.0 Å². The van der Waals surface area contributed by atoms with Crippen LogP contribution in [0.4, 0.5) is 6.01 Å². The molecule has 0 saturated heterocycles. The number of methoxy groups -OCH3 is 2. The number of carbonyl (C=O) groups is 1. The first-order chi connectivity index (χ1) is 13.0. The molecule has 3 rings (SSSR count).